The van der Waals surface area contributed by atoms with Crippen molar-refractivity contribution in [3.8, 4) is 10.6 Å². The van der Waals surface area contributed by atoms with Crippen molar-refractivity contribution in [2.45, 2.75) is 57.3 Å². The Balaban J connectivity index is 1.95. The maximum Gasteiger partial charge on any atom is 0.408 e. The highest BCUT2D eigenvalue weighted by molar-refractivity contribution is 7.90. The van der Waals surface area contributed by atoms with Crippen LogP contribution in [-0.4, -0.2) is 43.4 Å². The summed E-state index contributed by atoms with van der Waals surface area (Å²) in [6, 6.07) is 5.60. The zero-order valence-corrected chi connectivity index (χ0v) is 19.2. The Hall–Kier alpha value is -2.46. The predicted octanol–water partition coefficient (Wildman–Crippen LogP) is 3.56. The van der Waals surface area contributed by atoms with Crippen LogP contribution in [0.3, 0.4) is 0 Å². The summed E-state index contributed by atoms with van der Waals surface area (Å²) >= 11 is 1.36. The molecule has 0 saturated heterocycles. The van der Waals surface area contributed by atoms with Gasteiger partial charge in [0, 0.05) is 17.2 Å². The second-order valence-electron chi connectivity index (χ2n) is 7.66. The molecule has 164 valence electrons. The summed E-state index contributed by atoms with van der Waals surface area (Å²) < 4.78 is 33.5. The number of esters is 1. The van der Waals surface area contributed by atoms with Crippen molar-refractivity contribution in [3.05, 3.63) is 35.3 Å². The van der Waals surface area contributed by atoms with Crippen LogP contribution in [-0.2, 0) is 30.7 Å². The number of amides is 1. The molecule has 30 heavy (non-hydrogen) atoms. The van der Waals surface area contributed by atoms with Gasteiger partial charge in [-0.15, -0.1) is 11.3 Å². The van der Waals surface area contributed by atoms with Gasteiger partial charge in [0.15, 0.2) is 9.84 Å². The number of nitrogens with one attached hydrogen (secondary N) is 1. The van der Waals surface area contributed by atoms with Crippen molar-refractivity contribution in [1.82, 2.24) is 10.3 Å². The van der Waals surface area contributed by atoms with Crippen LogP contribution >= 0.6 is 11.3 Å². The molecular formula is C20H26N2O6S2. The fourth-order valence-electron chi connectivity index (χ4n) is 2.37. The average Bonchev–Trinajstić information content (AvgIpc) is 3.11. The summed E-state index contributed by atoms with van der Waals surface area (Å²) in [7, 11) is -3.26. The molecule has 0 saturated carbocycles. The minimum absolute atomic E-state index is 0.0384. The molecule has 2 aromatic rings. The number of alkyl carbamates (subject to hydrolysis) is 1. The molecule has 0 bridgehead atoms. The van der Waals surface area contributed by atoms with E-state index in [2.05, 4.69) is 10.3 Å². The summed E-state index contributed by atoms with van der Waals surface area (Å²) in [4.78, 5) is 28.8. The number of aromatic nitrogens is 1. The number of hydrogen-bond donors (Lipinski definition) is 1. The number of ether oxygens (including phenoxy) is 2. The SMILES string of the molecule is CC[C@H](NC(=O)OC(C)(C)C)C(=O)OCc1csc(-c2ccc(S(C)(=O)=O)cc2)n1. The van der Waals surface area contributed by atoms with Crippen molar-refractivity contribution < 1.29 is 27.5 Å². The lowest BCUT2D eigenvalue weighted by Gasteiger charge is -2.22. The van der Waals surface area contributed by atoms with Gasteiger partial charge in [-0.05, 0) is 39.3 Å². The topological polar surface area (TPSA) is 112 Å². The lowest BCUT2D eigenvalue weighted by molar-refractivity contribution is -0.147. The van der Waals surface area contributed by atoms with Crippen LogP contribution in [0.5, 0.6) is 0 Å². The molecule has 0 aliphatic heterocycles. The number of carbonyl (C=O) groups is 2. The van der Waals surface area contributed by atoms with Crippen molar-refractivity contribution >= 4 is 33.2 Å². The Morgan fingerprint density at radius 1 is 1.20 bits per heavy atom. The highest BCUT2D eigenvalue weighted by atomic mass is 32.2. The first-order valence-corrected chi connectivity index (χ1v) is 12.1. The molecule has 1 atom stereocenters. The molecule has 8 nitrogen and oxygen atoms in total. The van der Waals surface area contributed by atoms with E-state index < -0.39 is 33.5 Å². The van der Waals surface area contributed by atoms with Crippen LogP contribution in [0.1, 0.15) is 39.8 Å². The van der Waals surface area contributed by atoms with Gasteiger partial charge < -0.3 is 14.8 Å². The van der Waals surface area contributed by atoms with Gasteiger partial charge in [-0.1, -0.05) is 19.1 Å². The van der Waals surface area contributed by atoms with Crippen molar-refractivity contribution in [2.75, 3.05) is 6.26 Å². The van der Waals surface area contributed by atoms with Crippen LogP contribution in [0.4, 0.5) is 4.79 Å². The fourth-order valence-corrected chi connectivity index (χ4v) is 3.81. The van der Waals surface area contributed by atoms with E-state index in [1.807, 2.05) is 0 Å². The van der Waals surface area contributed by atoms with E-state index in [9.17, 15) is 18.0 Å². The van der Waals surface area contributed by atoms with E-state index in [-0.39, 0.29) is 11.5 Å². The molecule has 0 fully saturated rings. The predicted molar refractivity (Wildman–Crippen MR) is 114 cm³/mol. The average molecular weight is 455 g/mol. The van der Waals surface area contributed by atoms with Crippen LogP contribution in [0.2, 0.25) is 0 Å². The lowest BCUT2D eigenvalue weighted by atomic mass is 10.2. The van der Waals surface area contributed by atoms with Gasteiger partial charge in [-0.2, -0.15) is 0 Å². The number of hydrogen-bond acceptors (Lipinski definition) is 8. The van der Waals surface area contributed by atoms with E-state index in [1.54, 1.807) is 45.2 Å². The van der Waals surface area contributed by atoms with E-state index >= 15 is 0 Å². The quantitative estimate of drug-likeness (QED) is 0.637. The van der Waals surface area contributed by atoms with Crippen molar-refractivity contribution in [1.29, 1.82) is 0 Å². The largest absolute Gasteiger partial charge is 0.458 e. The fraction of sp³-hybridized carbons (Fsp3) is 0.450. The van der Waals surface area contributed by atoms with Gasteiger partial charge in [0.05, 0.1) is 10.6 Å². The molecule has 0 radical (unpaired) electrons. The Labute approximate surface area is 180 Å². The molecule has 0 spiro atoms. The number of nitrogens with zero attached hydrogens (tertiary/aromatic N) is 1. The standard InChI is InChI=1S/C20H26N2O6S2/c1-6-16(22-19(24)28-20(2,3)4)18(23)27-11-14-12-29-17(21-14)13-7-9-15(10-8-13)30(5,25)26/h7-10,12,16H,6,11H2,1-5H3,(H,22,24)/t16-/m0/s1. The molecule has 1 amide bonds. The van der Waals surface area contributed by atoms with E-state index in [0.717, 1.165) is 11.8 Å². The summed E-state index contributed by atoms with van der Waals surface area (Å²) in [5.74, 6) is -0.574. The van der Waals surface area contributed by atoms with Gasteiger partial charge in [-0.25, -0.2) is 23.0 Å². The molecule has 2 rings (SSSR count). The van der Waals surface area contributed by atoms with Crippen molar-refractivity contribution in [3.63, 3.8) is 0 Å². The van der Waals surface area contributed by atoms with Crippen LogP contribution < -0.4 is 5.32 Å². The molecule has 1 N–H and O–H groups in total. The second kappa shape index (κ2) is 9.57. The van der Waals surface area contributed by atoms with Gasteiger partial charge in [0.1, 0.15) is 23.3 Å². The first-order chi connectivity index (χ1) is 13.9. The normalized spacial score (nSPS) is 12.8. The summed E-state index contributed by atoms with van der Waals surface area (Å²) in [6.07, 6.45) is 0.825. The molecule has 0 aliphatic rings. The molecule has 1 aromatic heterocycles. The first-order valence-electron chi connectivity index (χ1n) is 9.30. The maximum absolute atomic E-state index is 12.3. The first kappa shape index (κ1) is 23.8. The smallest absolute Gasteiger partial charge is 0.408 e. The van der Waals surface area contributed by atoms with Gasteiger partial charge in [0.25, 0.3) is 0 Å². The molecule has 0 unspecified atom stereocenters. The second-order valence-corrected chi connectivity index (χ2v) is 10.5. The minimum atomic E-state index is -3.26. The Kier molecular flexibility index (Phi) is 7.59. The van der Waals surface area contributed by atoms with Gasteiger partial charge >= 0.3 is 12.1 Å². The number of sulfone groups is 1. The molecule has 10 heteroatoms. The van der Waals surface area contributed by atoms with Crippen LogP contribution in [0.15, 0.2) is 34.5 Å². The Bertz CT molecular complexity index is 991. The minimum Gasteiger partial charge on any atom is -0.458 e. The number of benzene rings is 1. The summed E-state index contributed by atoms with van der Waals surface area (Å²) in [5.41, 5.74) is 0.661. The van der Waals surface area contributed by atoms with Crippen molar-refractivity contribution in [2.24, 2.45) is 0 Å². The lowest BCUT2D eigenvalue weighted by Crippen LogP contribution is -2.43. The van der Waals surface area contributed by atoms with E-state index in [1.165, 1.54) is 23.5 Å². The third kappa shape index (κ3) is 7.10. The van der Waals surface area contributed by atoms with Gasteiger partial charge in [0.2, 0.25) is 0 Å². The number of carbonyl (C=O) groups excluding carboxylic acids is 2. The highest BCUT2D eigenvalue weighted by Crippen LogP contribution is 2.25. The van der Waals surface area contributed by atoms with Gasteiger partial charge in [-0.3, -0.25) is 0 Å². The zero-order valence-electron chi connectivity index (χ0n) is 17.6. The van der Waals surface area contributed by atoms with Crippen LogP contribution in [0, 0.1) is 0 Å². The van der Waals surface area contributed by atoms with E-state index in [0.29, 0.717) is 17.1 Å². The van der Waals surface area contributed by atoms with E-state index in [4.69, 9.17) is 9.47 Å². The highest BCUT2D eigenvalue weighted by Gasteiger charge is 2.24. The third-order valence-electron chi connectivity index (χ3n) is 3.83. The Morgan fingerprint density at radius 3 is 2.37 bits per heavy atom. The Morgan fingerprint density at radius 2 is 1.83 bits per heavy atom. The third-order valence-corrected chi connectivity index (χ3v) is 5.90. The molecular weight excluding hydrogens is 428 g/mol. The molecule has 1 heterocycles. The summed E-state index contributed by atoms with van der Waals surface area (Å²) in [6.45, 7) is 6.93. The zero-order chi connectivity index (χ0) is 22.5. The number of thiazole rings is 1. The monoisotopic (exact) mass is 454 g/mol. The summed E-state index contributed by atoms with van der Waals surface area (Å²) in [5, 5.41) is 4.94. The maximum atomic E-state index is 12.3. The molecule has 0 aliphatic carbocycles. The molecule has 1 aromatic carbocycles. The van der Waals surface area contributed by atoms with Crippen LogP contribution in [0.25, 0.3) is 10.6 Å². The number of rotatable bonds is 7.